The van der Waals surface area contributed by atoms with Gasteiger partial charge >= 0.3 is 6.18 Å². The quantitative estimate of drug-likeness (QED) is 0.153. The highest BCUT2D eigenvalue weighted by Gasteiger charge is 2.33. The molecule has 1 amide bonds. The summed E-state index contributed by atoms with van der Waals surface area (Å²) in [6.07, 6.45) is -1.35. The molecule has 2 aromatic heterocycles. The largest absolute Gasteiger partial charge is 0.495 e. The number of rotatable bonds is 11. The average molecular weight is 736 g/mol. The lowest BCUT2D eigenvalue weighted by Crippen LogP contribution is -2.46. The van der Waals surface area contributed by atoms with Crippen LogP contribution in [0.5, 0.6) is 5.75 Å². The van der Waals surface area contributed by atoms with Crippen molar-refractivity contribution in [3.8, 4) is 17.6 Å². The van der Waals surface area contributed by atoms with Crippen molar-refractivity contribution in [1.82, 2.24) is 19.2 Å². The molecule has 12 nitrogen and oxygen atoms in total. The normalized spacial score (nSPS) is 19.1. The zero-order valence-corrected chi connectivity index (χ0v) is 29.3. The van der Waals surface area contributed by atoms with Gasteiger partial charge in [0.15, 0.2) is 15.5 Å². The summed E-state index contributed by atoms with van der Waals surface area (Å²) in [6.45, 7) is 3.96. The number of carbonyl (C=O) groups is 1. The number of alkyl halides is 4. The Balaban J connectivity index is 1.46. The van der Waals surface area contributed by atoms with Crippen LogP contribution in [0.25, 0.3) is 5.65 Å². The first-order valence-corrected chi connectivity index (χ1v) is 18.2. The molecule has 2 aliphatic heterocycles. The van der Waals surface area contributed by atoms with Crippen molar-refractivity contribution >= 4 is 38.5 Å². The van der Waals surface area contributed by atoms with E-state index in [9.17, 15) is 26.4 Å². The van der Waals surface area contributed by atoms with E-state index >= 15 is 4.39 Å². The maximum Gasteiger partial charge on any atom is 0.394 e. The molecule has 0 radical (unpaired) electrons. The first kappa shape index (κ1) is 37.9. The molecule has 0 saturated carbocycles. The summed E-state index contributed by atoms with van der Waals surface area (Å²) in [6, 6.07) is 5.14. The summed E-state index contributed by atoms with van der Waals surface area (Å²) in [5, 5.41) is 8.85. The van der Waals surface area contributed by atoms with E-state index in [0.29, 0.717) is 38.4 Å². The molecule has 0 bridgehead atoms. The molecule has 0 aliphatic carbocycles. The van der Waals surface area contributed by atoms with E-state index in [0.717, 1.165) is 19.3 Å². The maximum atomic E-state index is 15.1. The number of piperidine rings is 1. The first-order valence-electron chi connectivity index (χ1n) is 16.3. The van der Waals surface area contributed by atoms with E-state index < -0.39 is 40.6 Å². The smallest absolute Gasteiger partial charge is 0.394 e. The molecule has 3 aromatic rings. The van der Waals surface area contributed by atoms with Crippen molar-refractivity contribution in [3.63, 3.8) is 0 Å². The zero-order valence-electron chi connectivity index (χ0n) is 28.5. The molecule has 0 unspecified atom stereocenters. The average Bonchev–Trinajstić information content (AvgIpc) is 3.40. The van der Waals surface area contributed by atoms with Crippen molar-refractivity contribution in [2.45, 2.75) is 36.1 Å². The number of aromatic nitrogens is 2. The molecule has 1 aromatic carbocycles. The van der Waals surface area contributed by atoms with Crippen LogP contribution in [0.4, 0.5) is 34.6 Å². The predicted molar refractivity (Wildman–Crippen MR) is 186 cm³/mol. The highest BCUT2D eigenvalue weighted by molar-refractivity contribution is 7.90. The van der Waals surface area contributed by atoms with E-state index in [1.807, 2.05) is 11.9 Å². The van der Waals surface area contributed by atoms with Gasteiger partial charge in [-0.25, -0.2) is 17.8 Å². The Kier molecular flexibility index (Phi) is 12.1. The van der Waals surface area contributed by atoms with Gasteiger partial charge in [0.1, 0.15) is 17.6 Å². The summed E-state index contributed by atoms with van der Waals surface area (Å²) in [4.78, 5) is 21.4. The van der Waals surface area contributed by atoms with Gasteiger partial charge in [0, 0.05) is 57.3 Å². The highest BCUT2D eigenvalue weighted by atomic mass is 32.2. The number of hydrogen-bond acceptors (Lipinski definition) is 10. The van der Waals surface area contributed by atoms with Crippen molar-refractivity contribution in [1.29, 1.82) is 0 Å². The van der Waals surface area contributed by atoms with Gasteiger partial charge in [0.2, 0.25) is 5.91 Å². The summed E-state index contributed by atoms with van der Waals surface area (Å²) in [7, 11) is -0.300. The molecule has 51 heavy (non-hydrogen) atoms. The Bertz CT molecular complexity index is 1920. The van der Waals surface area contributed by atoms with Crippen molar-refractivity contribution in [2.24, 2.45) is 0 Å². The molecule has 2 atom stereocenters. The van der Waals surface area contributed by atoms with Gasteiger partial charge < -0.3 is 30.3 Å². The first-order chi connectivity index (χ1) is 24.2. The number of carbonyl (C=O) groups excluding carboxylic acids is 1. The summed E-state index contributed by atoms with van der Waals surface area (Å²) in [5.41, 5.74) is 0.535. The fraction of sp³-hybridized carbons (Fsp3) is 0.471. The number of nitrogens with zero attached hydrogens (tertiary/aromatic N) is 4. The van der Waals surface area contributed by atoms with Crippen molar-refractivity contribution in [3.05, 3.63) is 54.0 Å². The molecule has 276 valence electrons. The lowest BCUT2D eigenvalue weighted by molar-refractivity contribution is -0.128. The maximum absolute atomic E-state index is 15.1. The number of fused-ring (bicyclic) bond motifs is 1. The minimum Gasteiger partial charge on any atom is -0.495 e. The van der Waals surface area contributed by atoms with Gasteiger partial charge in [-0.1, -0.05) is 12.0 Å². The number of halogens is 4. The molecule has 17 heteroatoms. The number of sulfone groups is 1. The molecule has 2 fully saturated rings. The number of amides is 1. The van der Waals surface area contributed by atoms with E-state index in [4.69, 9.17) is 9.47 Å². The Hall–Kier alpha value is -4.37. The van der Waals surface area contributed by atoms with Gasteiger partial charge in [-0.3, -0.25) is 14.1 Å². The van der Waals surface area contributed by atoms with Crippen LogP contribution in [0.3, 0.4) is 0 Å². The second kappa shape index (κ2) is 16.3. The van der Waals surface area contributed by atoms with Crippen molar-refractivity contribution < 1.29 is 40.2 Å². The number of benzene rings is 1. The standard InChI is InChI=1S/C34H41F4N7O5S/c1-43-13-10-26(25(35)22-43)41-29-18-23(40-32(46)7-5-12-44-14-16-50-17-15-44)21-45-30(20-34(36,37)38)27(42-33(29)45)6-4-11-39-28-9-8-24(51(3,47)48)19-31(28)49-2/h5,7-9,18-19,21,25-26,39,41H,10-17,20,22H2,1-3H3,(H,40,46)/b7-5+/t25-,26+/m0/s1. The summed E-state index contributed by atoms with van der Waals surface area (Å²) in [5.74, 6) is 5.28. The minimum atomic E-state index is -4.63. The number of methoxy groups -OCH3 is 1. The van der Waals surface area contributed by atoms with E-state index in [-0.39, 0.29) is 52.1 Å². The van der Waals surface area contributed by atoms with Crippen LogP contribution in [0, 0.1) is 11.8 Å². The van der Waals surface area contributed by atoms with Crippen LogP contribution in [-0.4, -0.2) is 125 Å². The minimum absolute atomic E-state index is 0.0454. The van der Waals surface area contributed by atoms with Crippen molar-refractivity contribution in [2.75, 3.05) is 88.8 Å². The van der Waals surface area contributed by atoms with Gasteiger partial charge in [0.05, 0.1) is 67.0 Å². The Morgan fingerprint density at radius 2 is 1.94 bits per heavy atom. The van der Waals surface area contributed by atoms with Gasteiger partial charge in [-0.05, 0) is 37.6 Å². The third-order valence-electron chi connectivity index (χ3n) is 8.45. The zero-order chi connectivity index (χ0) is 36.8. The molecule has 2 aliphatic rings. The van der Waals surface area contributed by atoms with E-state index in [1.165, 1.54) is 48.0 Å². The van der Waals surface area contributed by atoms with E-state index in [2.05, 4.69) is 37.7 Å². The second-order valence-corrected chi connectivity index (χ2v) is 14.5. The lowest BCUT2D eigenvalue weighted by Gasteiger charge is -2.33. The monoisotopic (exact) mass is 735 g/mol. The van der Waals surface area contributed by atoms with Gasteiger partial charge in [-0.2, -0.15) is 13.2 Å². The third-order valence-corrected chi connectivity index (χ3v) is 9.56. The number of hydrogen-bond donors (Lipinski definition) is 3. The number of pyridine rings is 1. The second-order valence-electron chi connectivity index (χ2n) is 12.4. The molecule has 4 heterocycles. The van der Waals surface area contributed by atoms with E-state index in [1.54, 1.807) is 6.08 Å². The number of morpholine rings is 1. The SMILES string of the molecule is COc1cc(S(C)(=O)=O)ccc1NCC#Cc1nc2c(N[C@@H]3CCN(C)C[C@@H]3F)cc(NC(=O)/C=C/CN3CCOCC3)cn2c1CC(F)(F)F. The molecular weight excluding hydrogens is 694 g/mol. The fourth-order valence-electron chi connectivity index (χ4n) is 5.84. The Labute approximate surface area is 294 Å². The topological polar surface area (TPSA) is 130 Å². The van der Waals surface area contributed by atoms with Crippen LogP contribution in [0.2, 0.25) is 0 Å². The van der Waals surface area contributed by atoms with Gasteiger partial charge in [-0.15, -0.1) is 0 Å². The van der Waals surface area contributed by atoms with Gasteiger partial charge in [0.25, 0.3) is 0 Å². The third kappa shape index (κ3) is 10.3. The fourth-order valence-corrected chi connectivity index (χ4v) is 6.47. The summed E-state index contributed by atoms with van der Waals surface area (Å²) >= 11 is 0. The van der Waals surface area contributed by atoms with Crippen LogP contribution in [-0.2, 0) is 25.8 Å². The lowest BCUT2D eigenvalue weighted by atomic mass is 10.0. The number of nitrogens with one attached hydrogen (secondary N) is 3. The Morgan fingerprint density at radius 1 is 1.18 bits per heavy atom. The molecule has 5 rings (SSSR count). The molecule has 2 saturated heterocycles. The number of likely N-dealkylation sites (tertiary alicyclic amines) is 1. The molecular formula is C34H41F4N7O5S. The summed E-state index contributed by atoms with van der Waals surface area (Å²) < 4.78 is 92.8. The number of anilines is 3. The van der Waals surface area contributed by atoms with Crippen LogP contribution in [0.15, 0.2) is 47.5 Å². The van der Waals surface area contributed by atoms with Crippen LogP contribution in [0.1, 0.15) is 17.8 Å². The van der Waals surface area contributed by atoms with Crippen LogP contribution < -0.4 is 20.7 Å². The highest BCUT2D eigenvalue weighted by Crippen LogP contribution is 2.31. The molecule has 0 spiro atoms. The number of imidazole rings is 1. The predicted octanol–water partition coefficient (Wildman–Crippen LogP) is 3.60. The van der Waals surface area contributed by atoms with Crippen LogP contribution >= 0.6 is 0 Å². The molecule has 3 N–H and O–H groups in total. The Morgan fingerprint density at radius 3 is 2.63 bits per heavy atom. The number of ether oxygens (including phenoxy) is 2.